The van der Waals surface area contributed by atoms with Crippen molar-refractivity contribution in [2.24, 2.45) is 11.8 Å². The third kappa shape index (κ3) is 3.57. The Hall–Kier alpha value is -1.35. The van der Waals surface area contributed by atoms with Crippen LogP contribution in [0.1, 0.15) is 18.9 Å². The van der Waals surface area contributed by atoms with Gasteiger partial charge in [-0.25, -0.2) is 0 Å². The summed E-state index contributed by atoms with van der Waals surface area (Å²) in [4.78, 5) is 11.8. The minimum Gasteiger partial charge on any atom is -0.465 e. The summed E-state index contributed by atoms with van der Waals surface area (Å²) in [6, 6.07) is 10.3. The molecule has 1 aromatic rings. The van der Waals surface area contributed by atoms with Gasteiger partial charge in [-0.2, -0.15) is 0 Å². The maximum absolute atomic E-state index is 11.8. The molecule has 18 heavy (non-hydrogen) atoms. The first-order valence-electron chi connectivity index (χ1n) is 6.68. The van der Waals surface area contributed by atoms with Crippen molar-refractivity contribution in [3.63, 3.8) is 0 Å². The van der Waals surface area contributed by atoms with Crippen LogP contribution in [-0.2, 0) is 16.0 Å². The van der Waals surface area contributed by atoms with E-state index in [1.54, 1.807) is 0 Å². The van der Waals surface area contributed by atoms with Crippen LogP contribution in [0.3, 0.4) is 0 Å². The van der Waals surface area contributed by atoms with Gasteiger partial charge in [0.1, 0.15) is 0 Å². The number of benzene rings is 1. The average Bonchev–Trinajstić information content (AvgIpc) is 2.82. The molecule has 0 bridgehead atoms. The Morgan fingerprint density at radius 1 is 1.33 bits per heavy atom. The molecule has 2 atom stereocenters. The predicted octanol–water partition coefficient (Wildman–Crippen LogP) is 2.02. The van der Waals surface area contributed by atoms with E-state index in [-0.39, 0.29) is 11.9 Å². The van der Waals surface area contributed by atoms with E-state index in [4.69, 9.17) is 4.74 Å². The minimum atomic E-state index is -0.0411. The first-order valence-corrected chi connectivity index (χ1v) is 6.68. The van der Waals surface area contributed by atoms with Crippen LogP contribution in [0.2, 0.25) is 0 Å². The Labute approximate surface area is 109 Å². The maximum Gasteiger partial charge on any atom is 0.310 e. The van der Waals surface area contributed by atoms with Crippen LogP contribution < -0.4 is 5.32 Å². The molecule has 3 heteroatoms. The fraction of sp³-hybridized carbons (Fsp3) is 0.533. The number of nitrogens with one attached hydrogen (secondary N) is 1. The topological polar surface area (TPSA) is 38.3 Å². The molecule has 0 radical (unpaired) electrons. The minimum absolute atomic E-state index is 0.0411. The second-order valence-electron chi connectivity index (χ2n) is 5.00. The zero-order chi connectivity index (χ0) is 12.8. The molecule has 1 aliphatic rings. The Bertz CT molecular complexity index is 377. The summed E-state index contributed by atoms with van der Waals surface area (Å²) in [5.74, 6) is 0.397. The van der Waals surface area contributed by atoms with Crippen molar-refractivity contribution in [1.82, 2.24) is 5.32 Å². The van der Waals surface area contributed by atoms with Crippen LogP contribution in [0, 0.1) is 11.8 Å². The molecule has 1 fully saturated rings. The van der Waals surface area contributed by atoms with Crippen molar-refractivity contribution in [2.75, 3.05) is 19.7 Å². The highest BCUT2D eigenvalue weighted by atomic mass is 16.5. The Balaban J connectivity index is 1.65. The summed E-state index contributed by atoms with van der Waals surface area (Å²) in [5.41, 5.74) is 1.30. The molecule has 1 saturated heterocycles. The van der Waals surface area contributed by atoms with Gasteiger partial charge in [0.2, 0.25) is 0 Å². The average molecular weight is 247 g/mol. The fourth-order valence-corrected chi connectivity index (χ4v) is 2.33. The largest absolute Gasteiger partial charge is 0.465 e. The smallest absolute Gasteiger partial charge is 0.310 e. The van der Waals surface area contributed by atoms with Crippen LogP contribution in [-0.4, -0.2) is 25.7 Å². The molecule has 1 N–H and O–H groups in total. The lowest BCUT2D eigenvalue weighted by molar-refractivity contribution is -0.149. The lowest BCUT2D eigenvalue weighted by Crippen LogP contribution is -2.24. The van der Waals surface area contributed by atoms with E-state index < -0.39 is 0 Å². The van der Waals surface area contributed by atoms with E-state index >= 15 is 0 Å². The normalized spacial score (nSPS) is 22.9. The summed E-state index contributed by atoms with van der Waals surface area (Å²) >= 11 is 0. The quantitative estimate of drug-likeness (QED) is 0.639. The van der Waals surface area contributed by atoms with Gasteiger partial charge < -0.3 is 10.1 Å². The van der Waals surface area contributed by atoms with Crippen LogP contribution in [0.5, 0.6) is 0 Å². The van der Waals surface area contributed by atoms with Crippen LogP contribution in [0.15, 0.2) is 30.3 Å². The Morgan fingerprint density at radius 3 is 2.78 bits per heavy atom. The first kappa shape index (κ1) is 13.1. The van der Waals surface area contributed by atoms with Crippen molar-refractivity contribution in [3.05, 3.63) is 35.9 Å². The monoisotopic (exact) mass is 247 g/mol. The third-order valence-electron chi connectivity index (χ3n) is 3.52. The van der Waals surface area contributed by atoms with Gasteiger partial charge in [0.25, 0.3) is 0 Å². The third-order valence-corrected chi connectivity index (χ3v) is 3.52. The first-order chi connectivity index (χ1) is 8.77. The molecule has 1 aliphatic heterocycles. The van der Waals surface area contributed by atoms with Gasteiger partial charge in [-0.1, -0.05) is 37.3 Å². The van der Waals surface area contributed by atoms with Gasteiger partial charge >= 0.3 is 5.97 Å². The van der Waals surface area contributed by atoms with E-state index in [2.05, 4.69) is 24.4 Å². The standard InChI is InChI=1S/C15H21NO2/c1-12-10-16-11-14(12)15(17)18-9-5-8-13-6-3-2-4-7-13/h2-4,6-7,12,14,16H,5,8-11H2,1H3. The zero-order valence-corrected chi connectivity index (χ0v) is 10.9. The molecule has 2 unspecified atom stereocenters. The van der Waals surface area contributed by atoms with E-state index in [1.807, 2.05) is 18.2 Å². The summed E-state index contributed by atoms with van der Waals surface area (Å²) in [6.45, 7) is 4.30. The SMILES string of the molecule is CC1CNCC1C(=O)OCCCc1ccccc1. The molecule has 0 aliphatic carbocycles. The predicted molar refractivity (Wildman–Crippen MR) is 71.2 cm³/mol. The maximum atomic E-state index is 11.8. The second kappa shape index (κ2) is 6.55. The highest BCUT2D eigenvalue weighted by Gasteiger charge is 2.30. The highest BCUT2D eigenvalue weighted by molar-refractivity contribution is 5.73. The van der Waals surface area contributed by atoms with Gasteiger partial charge in [0, 0.05) is 6.54 Å². The van der Waals surface area contributed by atoms with E-state index in [0.717, 1.165) is 25.9 Å². The number of rotatable bonds is 5. The summed E-state index contributed by atoms with van der Waals surface area (Å²) in [6.07, 6.45) is 1.86. The number of ether oxygens (including phenoxy) is 1. The molecule has 3 nitrogen and oxygen atoms in total. The van der Waals surface area contributed by atoms with Crippen molar-refractivity contribution in [3.8, 4) is 0 Å². The molecule has 1 heterocycles. The summed E-state index contributed by atoms with van der Waals surface area (Å²) < 4.78 is 5.34. The summed E-state index contributed by atoms with van der Waals surface area (Å²) in [7, 11) is 0. The zero-order valence-electron chi connectivity index (χ0n) is 10.9. The van der Waals surface area contributed by atoms with Gasteiger partial charge in [0.05, 0.1) is 12.5 Å². The van der Waals surface area contributed by atoms with E-state index in [9.17, 15) is 4.79 Å². The number of hydrogen-bond donors (Lipinski definition) is 1. The highest BCUT2D eigenvalue weighted by Crippen LogP contribution is 2.17. The van der Waals surface area contributed by atoms with Crippen molar-refractivity contribution < 1.29 is 9.53 Å². The van der Waals surface area contributed by atoms with E-state index in [0.29, 0.717) is 12.5 Å². The molecule has 1 aromatic carbocycles. The van der Waals surface area contributed by atoms with Crippen LogP contribution in [0.4, 0.5) is 0 Å². The van der Waals surface area contributed by atoms with Gasteiger partial charge in [-0.3, -0.25) is 4.79 Å². The van der Waals surface area contributed by atoms with Crippen LogP contribution >= 0.6 is 0 Å². The van der Waals surface area contributed by atoms with Gasteiger partial charge in [-0.15, -0.1) is 0 Å². The number of hydrogen-bond acceptors (Lipinski definition) is 3. The molecule has 98 valence electrons. The fourth-order valence-electron chi connectivity index (χ4n) is 2.33. The lowest BCUT2D eigenvalue weighted by Gasteiger charge is -2.13. The number of esters is 1. The molecule has 2 rings (SSSR count). The molecule has 0 saturated carbocycles. The molecule has 0 aromatic heterocycles. The molecular weight excluding hydrogens is 226 g/mol. The van der Waals surface area contributed by atoms with Crippen LogP contribution in [0.25, 0.3) is 0 Å². The van der Waals surface area contributed by atoms with Gasteiger partial charge in [0.15, 0.2) is 0 Å². The number of aryl methyl sites for hydroxylation is 1. The molecular formula is C15H21NO2. The van der Waals surface area contributed by atoms with E-state index in [1.165, 1.54) is 5.56 Å². The van der Waals surface area contributed by atoms with Crippen molar-refractivity contribution >= 4 is 5.97 Å². The summed E-state index contributed by atoms with van der Waals surface area (Å²) in [5, 5.41) is 3.22. The van der Waals surface area contributed by atoms with Crippen molar-refractivity contribution in [2.45, 2.75) is 19.8 Å². The number of carbonyl (C=O) groups is 1. The lowest BCUT2D eigenvalue weighted by atomic mass is 9.99. The Morgan fingerprint density at radius 2 is 2.11 bits per heavy atom. The molecule has 0 amide bonds. The number of carbonyl (C=O) groups excluding carboxylic acids is 1. The molecule has 0 spiro atoms. The van der Waals surface area contributed by atoms with Gasteiger partial charge in [-0.05, 0) is 30.9 Å². The second-order valence-corrected chi connectivity index (χ2v) is 5.00. The van der Waals surface area contributed by atoms with Crippen molar-refractivity contribution in [1.29, 1.82) is 0 Å². The Kier molecular flexibility index (Phi) is 4.76.